The van der Waals surface area contributed by atoms with Crippen molar-refractivity contribution in [3.63, 3.8) is 0 Å². The second-order valence-electron chi connectivity index (χ2n) is 5.62. The number of hydrogen-bond donors (Lipinski definition) is 2. The van der Waals surface area contributed by atoms with Crippen molar-refractivity contribution in [2.45, 2.75) is 25.2 Å². The quantitative estimate of drug-likeness (QED) is 0.688. The van der Waals surface area contributed by atoms with Crippen LogP contribution in [0, 0.1) is 12.7 Å². The third-order valence-corrected chi connectivity index (χ3v) is 5.94. The summed E-state index contributed by atoms with van der Waals surface area (Å²) >= 11 is 1.27. The number of thiazole rings is 1. The number of benzene rings is 2. The van der Waals surface area contributed by atoms with Crippen molar-refractivity contribution in [1.82, 2.24) is 4.98 Å². The minimum absolute atomic E-state index is 0.0307. The van der Waals surface area contributed by atoms with E-state index in [4.69, 9.17) is 0 Å². The third-order valence-electron chi connectivity index (χ3n) is 3.63. The molecule has 0 atom stereocenters. The molecule has 0 radical (unpaired) electrons. The van der Waals surface area contributed by atoms with E-state index in [-0.39, 0.29) is 10.8 Å². The van der Waals surface area contributed by atoms with E-state index in [1.165, 1.54) is 23.5 Å². The fourth-order valence-electron chi connectivity index (χ4n) is 2.34. The molecule has 0 aliphatic carbocycles. The predicted octanol–water partition coefficient (Wildman–Crippen LogP) is 3.89. The summed E-state index contributed by atoms with van der Waals surface area (Å²) < 4.78 is 41.1. The van der Waals surface area contributed by atoms with Gasteiger partial charge in [0.05, 0.1) is 20.8 Å². The van der Waals surface area contributed by atoms with Crippen molar-refractivity contribution in [1.29, 1.82) is 0 Å². The Morgan fingerprint density at radius 3 is 2.58 bits per heavy atom. The largest absolute Gasteiger partial charge is 0.302 e. The Kier molecular flexibility index (Phi) is 4.92. The molecule has 0 fully saturated rings. The monoisotopic (exact) mass is 393 g/mol. The predicted molar refractivity (Wildman–Crippen MR) is 100 cm³/mol. The second kappa shape index (κ2) is 7.00. The van der Waals surface area contributed by atoms with Gasteiger partial charge >= 0.3 is 0 Å². The maximum absolute atomic E-state index is 13.0. The number of aromatic nitrogens is 1. The number of amides is 1. The van der Waals surface area contributed by atoms with Crippen molar-refractivity contribution in [2.75, 3.05) is 10.0 Å². The number of fused-ring (bicyclic) bond motifs is 1. The Labute approximate surface area is 154 Å². The van der Waals surface area contributed by atoms with E-state index in [0.29, 0.717) is 22.8 Å². The smallest absolute Gasteiger partial charge is 0.261 e. The number of carbonyl (C=O) groups is 1. The molecule has 1 amide bonds. The van der Waals surface area contributed by atoms with Gasteiger partial charge in [-0.05, 0) is 48.9 Å². The molecule has 2 aromatic carbocycles. The lowest BCUT2D eigenvalue weighted by Crippen LogP contribution is -2.13. The summed E-state index contributed by atoms with van der Waals surface area (Å²) in [4.78, 5) is 15.9. The average Bonchev–Trinajstić information content (AvgIpc) is 2.97. The summed E-state index contributed by atoms with van der Waals surface area (Å²) in [6.07, 6.45) is 0.345. The lowest BCUT2D eigenvalue weighted by molar-refractivity contribution is -0.115. The van der Waals surface area contributed by atoms with Crippen LogP contribution in [0.15, 0.2) is 41.3 Å². The molecule has 136 valence electrons. The lowest BCUT2D eigenvalue weighted by Gasteiger charge is -2.09. The van der Waals surface area contributed by atoms with E-state index in [0.717, 1.165) is 22.4 Å². The molecular weight excluding hydrogens is 377 g/mol. The summed E-state index contributed by atoms with van der Waals surface area (Å²) in [6, 6.07) is 7.91. The Morgan fingerprint density at radius 1 is 1.23 bits per heavy atom. The van der Waals surface area contributed by atoms with Crippen LogP contribution in [0.4, 0.5) is 15.2 Å². The number of hydrogen-bond acceptors (Lipinski definition) is 5. The van der Waals surface area contributed by atoms with Gasteiger partial charge in [-0.15, -0.1) is 0 Å². The number of anilines is 2. The molecule has 26 heavy (non-hydrogen) atoms. The van der Waals surface area contributed by atoms with E-state index >= 15 is 0 Å². The molecule has 0 saturated heterocycles. The maximum Gasteiger partial charge on any atom is 0.261 e. The normalized spacial score (nSPS) is 11.5. The first kappa shape index (κ1) is 18.3. The highest BCUT2D eigenvalue weighted by Gasteiger charge is 2.16. The standard InChI is InChI=1S/C17H16FN3O3S2/c1-3-15(22)19-17-20-16-10(2)8-12(9-14(16)25-17)21-26(23,24)13-6-4-11(18)5-7-13/h4-9,21H,3H2,1-2H3,(H,19,20,22). The first-order valence-corrected chi connectivity index (χ1v) is 10.1. The Hall–Kier alpha value is -2.52. The van der Waals surface area contributed by atoms with Crippen LogP contribution in [0.25, 0.3) is 10.2 Å². The van der Waals surface area contributed by atoms with Crippen molar-refractivity contribution < 1.29 is 17.6 Å². The van der Waals surface area contributed by atoms with Gasteiger partial charge in [0.25, 0.3) is 10.0 Å². The second-order valence-corrected chi connectivity index (χ2v) is 8.33. The maximum atomic E-state index is 13.0. The number of sulfonamides is 1. The minimum atomic E-state index is -3.83. The molecule has 1 heterocycles. The van der Waals surface area contributed by atoms with Gasteiger partial charge < -0.3 is 5.32 Å². The summed E-state index contributed by atoms with van der Waals surface area (Å²) in [5.74, 6) is -0.647. The van der Waals surface area contributed by atoms with Crippen LogP contribution in [0.2, 0.25) is 0 Å². The SMILES string of the molecule is CCC(=O)Nc1nc2c(C)cc(NS(=O)(=O)c3ccc(F)cc3)cc2s1. The Morgan fingerprint density at radius 2 is 1.92 bits per heavy atom. The van der Waals surface area contributed by atoms with Crippen LogP contribution in [0.3, 0.4) is 0 Å². The van der Waals surface area contributed by atoms with Crippen molar-refractivity contribution in [3.05, 3.63) is 47.8 Å². The van der Waals surface area contributed by atoms with Crippen LogP contribution < -0.4 is 10.0 Å². The molecule has 0 aliphatic heterocycles. The molecule has 1 aromatic heterocycles. The zero-order chi connectivity index (χ0) is 18.9. The molecule has 0 spiro atoms. The van der Waals surface area contributed by atoms with Crippen molar-refractivity contribution in [3.8, 4) is 0 Å². The van der Waals surface area contributed by atoms with E-state index in [2.05, 4.69) is 15.0 Å². The van der Waals surface area contributed by atoms with Gasteiger partial charge in [-0.3, -0.25) is 9.52 Å². The van der Waals surface area contributed by atoms with Gasteiger partial charge in [-0.25, -0.2) is 17.8 Å². The van der Waals surface area contributed by atoms with Crippen LogP contribution >= 0.6 is 11.3 Å². The van der Waals surface area contributed by atoms with Gasteiger partial charge in [0.2, 0.25) is 5.91 Å². The van der Waals surface area contributed by atoms with Crippen molar-refractivity contribution in [2.24, 2.45) is 0 Å². The fourth-order valence-corrected chi connectivity index (χ4v) is 4.38. The van der Waals surface area contributed by atoms with Gasteiger partial charge in [-0.1, -0.05) is 18.3 Å². The number of carbonyl (C=O) groups excluding carboxylic acids is 1. The zero-order valence-electron chi connectivity index (χ0n) is 14.0. The first-order chi connectivity index (χ1) is 12.3. The highest BCUT2D eigenvalue weighted by atomic mass is 32.2. The van der Waals surface area contributed by atoms with Gasteiger partial charge in [0.15, 0.2) is 5.13 Å². The van der Waals surface area contributed by atoms with E-state index in [1.807, 2.05) is 6.92 Å². The van der Waals surface area contributed by atoms with Gasteiger partial charge in [-0.2, -0.15) is 0 Å². The molecule has 9 heteroatoms. The molecule has 3 aromatic rings. The Balaban J connectivity index is 1.93. The van der Waals surface area contributed by atoms with E-state index < -0.39 is 15.8 Å². The van der Waals surface area contributed by atoms with Crippen LogP contribution in [0.1, 0.15) is 18.9 Å². The third kappa shape index (κ3) is 3.83. The number of nitrogens with zero attached hydrogens (tertiary/aromatic N) is 1. The zero-order valence-corrected chi connectivity index (χ0v) is 15.7. The molecule has 2 N–H and O–H groups in total. The molecule has 3 rings (SSSR count). The van der Waals surface area contributed by atoms with Crippen molar-refractivity contribution >= 4 is 48.3 Å². The number of aryl methyl sites for hydroxylation is 1. The topological polar surface area (TPSA) is 88.2 Å². The Bertz CT molecular complexity index is 1080. The van der Waals surface area contributed by atoms with Crippen LogP contribution in [0.5, 0.6) is 0 Å². The number of nitrogens with one attached hydrogen (secondary N) is 2. The molecular formula is C17H16FN3O3S2. The van der Waals surface area contributed by atoms with Gasteiger partial charge in [0.1, 0.15) is 5.82 Å². The van der Waals surface area contributed by atoms with E-state index in [1.54, 1.807) is 19.1 Å². The summed E-state index contributed by atoms with van der Waals surface area (Å²) in [5, 5.41) is 3.17. The molecule has 6 nitrogen and oxygen atoms in total. The first-order valence-electron chi connectivity index (χ1n) is 7.78. The molecule has 0 saturated carbocycles. The molecule has 0 aliphatic rings. The van der Waals surface area contributed by atoms with E-state index in [9.17, 15) is 17.6 Å². The minimum Gasteiger partial charge on any atom is -0.302 e. The summed E-state index contributed by atoms with van der Waals surface area (Å²) in [6.45, 7) is 3.55. The van der Waals surface area contributed by atoms with Crippen LogP contribution in [-0.4, -0.2) is 19.3 Å². The van der Waals surface area contributed by atoms with Gasteiger partial charge in [0, 0.05) is 6.42 Å². The fraction of sp³-hybridized carbons (Fsp3) is 0.176. The summed E-state index contributed by atoms with van der Waals surface area (Å²) in [7, 11) is -3.83. The number of halogens is 1. The highest BCUT2D eigenvalue weighted by molar-refractivity contribution is 7.92. The molecule has 0 bridgehead atoms. The summed E-state index contributed by atoms with van der Waals surface area (Å²) in [5.41, 5.74) is 1.84. The number of rotatable bonds is 5. The molecule has 0 unspecified atom stereocenters. The highest BCUT2D eigenvalue weighted by Crippen LogP contribution is 2.32. The average molecular weight is 393 g/mol. The lowest BCUT2D eigenvalue weighted by atomic mass is 10.2. The van der Waals surface area contributed by atoms with Crippen LogP contribution in [-0.2, 0) is 14.8 Å².